The lowest BCUT2D eigenvalue weighted by molar-refractivity contribution is -0.183. The SMILES string of the molecule is C[C@H]1CC(=O)C(C2CCO2)N(C)C(=O)[C@H](C)[C@H](O)[C@H](Cc2cccnc2)NC(=O)[C@H]1NC(=O)c1ncccc1O.C[C@H]1CC(=O)C(C2CCO2)NC(=O)[C@H](C)[C@H](O)[C@H](Cc2cccnc2)NC(=O)[C@H]1NC(=O)c1ncccc1O.C[C@H]1CC(=O)C(C2CCO2)OC(=O)[C@H](C)[C@H](O)[C@H](Cc2cccnc2)NC(=O)[C@H]1NC(=O)c1ncccc1O. The predicted octanol–water partition coefficient (Wildman–Crippen LogP) is 0.432. The number of aromatic nitrogens is 6. The standard InChI is InChI=1S/C28H35N5O7.C27H33N5O7.C27H32N4O8/c1-15-12-20(35)24(21-8-11-40-21)33(3)28(39)16(2)25(36)18(13-17-6-4-9-29-14-17)31-26(37)22(15)32-27(38)23-19(34)7-5-10-30-23;1-14-11-19(34)22(20-7-10-39-20)32-25(36)15(2)24(35)17(12-16-5-3-8-28-13-16)30-26(37)21(14)31-27(38)23-18(33)6-4-9-29-23;1-14-11-19(33)24(20-7-10-38-20)39-27(37)15(2)23(34)17(12-16-5-3-8-28-13-16)30-25(35)21(14)31-26(36)22-18(32)6-4-9-29-22/h4-7,9-10,14-16,18,21-22,24-25,34,36H,8,11-13H2,1-3H3,(H,31,37)(H,32,38);3-6,8-9,13-15,17,20-22,24,33,35H,7,10-12H2,1-2H3,(H,30,37)(H,31,38)(H,32,36);3-6,8-9,13-15,17,20-21,23-24,32,34H,7,10-12H2,1-2H3,(H,30,35)(H,31,36)/t15-,16+,18-,21?,22-,24?,25-;14-,15+,17-,20?,21-,22?,24-;14-,15+,17-,20?,21-,23-,24?/m000/s1. The lowest BCUT2D eigenvalue weighted by atomic mass is 9.86. The zero-order valence-corrected chi connectivity index (χ0v) is 66.1. The molecule has 6 aromatic heterocycles. The van der Waals surface area contributed by atoms with Crippen molar-refractivity contribution in [1.82, 2.24) is 72.0 Å². The lowest BCUT2D eigenvalue weighted by Crippen LogP contribution is -2.61. The van der Waals surface area contributed by atoms with Crippen LogP contribution < -0.4 is 37.2 Å². The highest BCUT2D eigenvalue weighted by molar-refractivity contribution is 6.01. The maximum absolute atomic E-state index is 13.7. The number of Topliss-reactive ketones (excluding diaryl/α,β-unsaturated/α-hetero) is 3. The zero-order chi connectivity index (χ0) is 85.2. The van der Waals surface area contributed by atoms with Crippen molar-refractivity contribution in [2.75, 3.05) is 26.9 Å². The fourth-order valence-corrected chi connectivity index (χ4v) is 14.7. The van der Waals surface area contributed by atoms with E-state index in [4.69, 9.17) is 18.9 Å². The van der Waals surface area contributed by atoms with Gasteiger partial charge in [0.1, 0.15) is 53.6 Å². The van der Waals surface area contributed by atoms with E-state index in [0.717, 1.165) is 5.56 Å². The van der Waals surface area contributed by atoms with Gasteiger partial charge in [-0.15, -0.1) is 0 Å². The Morgan fingerprint density at radius 3 is 1.14 bits per heavy atom. The van der Waals surface area contributed by atoms with E-state index in [1.807, 2.05) is 0 Å². The average molecular weight is 1630 g/mol. The average Bonchev–Trinajstić information content (AvgIpc) is 0.488. The molecule has 6 saturated heterocycles. The number of likely N-dealkylation sites (N-methyl/N-ethyl adjacent to an activating group) is 1. The number of hydrogen-bond acceptors (Lipinski definition) is 28. The molecule has 36 heteroatoms. The molecule has 0 bridgehead atoms. The van der Waals surface area contributed by atoms with Crippen LogP contribution in [0, 0.1) is 35.5 Å². The number of ether oxygens (including phenoxy) is 4. The van der Waals surface area contributed by atoms with Gasteiger partial charge in [0.05, 0.1) is 66.4 Å². The third kappa shape index (κ3) is 22.3. The number of amides is 8. The van der Waals surface area contributed by atoms with Gasteiger partial charge >= 0.3 is 5.97 Å². The van der Waals surface area contributed by atoms with Gasteiger partial charge in [-0.05, 0) is 128 Å². The van der Waals surface area contributed by atoms with Crippen LogP contribution in [0.25, 0.3) is 0 Å². The van der Waals surface area contributed by atoms with E-state index >= 15 is 0 Å². The summed E-state index contributed by atoms with van der Waals surface area (Å²) in [4.78, 5) is 185. The smallest absolute Gasteiger partial charge is 0.312 e. The molecule has 21 atom stereocenters. The number of carbonyl (C=O) groups is 12. The van der Waals surface area contributed by atoms with E-state index in [2.05, 4.69) is 67.1 Å². The number of nitrogens with one attached hydrogen (secondary N) is 7. The molecule has 0 radical (unpaired) electrons. The normalized spacial score (nSPS) is 30.1. The molecule has 12 rings (SSSR count). The van der Waals surface area contributed by atoms with Crippen molar-refractivity contribution in [3.8, 4) is 17.2 Å². The molecule has 13 N–H and O–H groups in total. The number of pyridine rings is 6. The lowest BCUT2D eigenvalue weighted by Gasteiger charge is -2.41. The number of esters is 1. The summed E-state index contributed by atoms with van der Waals surface area (Å²) in [5.74, 6) is -13.7. The second-order valence-corrected chi connectivity index (χ2v) is 30.6. The maximum atomic E-state index is 13.7. The Morgan fingerprint density at radius 2 is 0.788 bits per heavy atom. The summed E-state index contributed by atoms with van der Waals surface area (Å²) in [5.41, 5.74) is 1.29. The van der Waals surface area contributed by atoms with Gasteiger partial charge in [0.15, 0.2) is 40.5 Å². The van der Waals surface area contributed by atoms with Gasteiger partial charge in [-0.3, -0.25) is 72.5 Å². The maximum Gasteiger partial charge on any atom is 0.312 e. The topological polar surface area (TPSA) is 528 Å². The second-order valence-electron chi connectivity index (χ2n) is 30.6. The molecular weight excluding hydrogens is 1530 g/mol. The first-order valence-electron chi connectivity index (χ1n) is 39.1. The summed E-state index contributed by atoms with van der Waals surface area (Å²) in [6, 6.07) is 10.3. The van der Waals surface area contributed by atoms with Crippen LogP contribution in [-0.4, -0.2) is 254 Å². The van der Waals surface area contributed by atoms with Crippen LogP contribution in [0.15, 0.2) is 129 Å². The number of hydrogen-bond donors (Lipinski definition) is 13. The molecule has 6 unspecified atom stereocenters. The van der Waals surface area contributed by atoms with Gasteiger partial charge in [0, 0.05) is 108 Å². The number of carbonyl (C=O) groups excluding carboxylic acids is 12. The fourth-order valence-electron chi connectivity index (χ4n) is 14.7. The monoisotopic (exact) mass is 1630 g/mol. The third-order valence-corrected chi connectivity index (χ3v) is 22.0. The van der Waals surface area contributed by atoms with Crippen LogP contribution in [0.5, 0.6) is 17.2 Å². The first-order chi connectivity index (χ1) is 56.4. The number of cyclic esters (lactones) is 1. The highest BCUT2D eigenvalue weighted by atomic mass is 16.6. The van der Waals surface area contributed by atoms with Gasteiger partial charge in [0.2, 0.25) is 29.5 Å². The van der Waals surface area contributed by atoms with Crippen LogP contribution in [0.2, 0.25) is 0 Å². The number of aromatic hydroxyl groups is 3. The molecule has 6 fully saturated rings. The molecule has 6 aliphatic heterocycles. The Labute approximate surface area is 679 Å². The summed E-state index contributed by atoms with van der Waals surface area (Å²) in [6.45, 7) is 10.7. The largest absolute Gasteiger partial charge is 0.505 e. The second kappa shape index (κ2) is 40.9. The summed E-state index contributed by atoms with van der Waals surface area (Å²) < 4.78 is 22.1. The highest BCUT2D eigenvalue weighted by Gasteiger charge is 2.48. The molecule has 118 heavy (non-hydrogen) atoms. The number of aliphatic hydroxyl groups is 3. The summed E-state index contributed by atoms with van der Waals surface area (Å²) in [6.07, 6.45) is 8.22. The molecule has 630 valence electrons. The predicted molar refractivity (Wildman–Crippen MR) is 414 cm³/mol. The minimum absolute atomic E-state index is 0.128. The number of aliphatic hydroxyl groups excluding tert-OH is 3. The number of rotatable bonds is 15. The molecule has 0 aromatic carbocycles. The first kappa shape index (κ1) is 88.7. The Balaban J connectivity index is 0.000000186. The first-order valence-corrected chi connectivity index (χ1v) is 39.1. The van der Waals surface area contributed by atoms with E-state index in [9.17, 15) is 88.2 Å². The van der Waals surface area contributed by atoms with Crippen molar-refractivity contribution < 1.29 is 107 Å². The van der Waals surface area contributed by atoms with Gasteiger partial charge < -0.3 is 91.7 Å². The molecule has 0 aliphatic carbocycles. The van der Waals surface area contributed by atoms with E-state index in [-0.39, 0.29) is 84.4 Å². The van der Waals surface area contributed by atoms with Crippen LogP contribution in [0.1, 0.15) is 128 Å². The molecule has 6 aliphatic rings. The summed E-state index contributed by atoms with van der Waals surface area (Å²) >= 11 is 0. The van der Waals surface area contributed by atoms with Crippen molar-refractivity contribution in [2.45, 2.75) is 190 Å². The quantitative estimate of drug-likeness (QED) is 0.0620. The van der Waals surface area contributed by atoms with Crippen molar-refractivity contribution in [2.24, 2.45) is 35.5 Å². The van der Waals surface area contributed by atoms with Crippen molar-refractivity contribution >= 4 is 70.6 Å². The number of nitrogens with zero attached hydrogens (tertiary/aromatic N) is 7. The van der Waals surface area contributed by atoms with Crippen molar-refractivity contribution in [3.63, 3.8) is 0 Å². The zero-order valence-electron chi connectivity index (χ0n) is 66.1. The van der Waals surface area contributed by atoms with Gasteiger partial charge in [-0.2, -0.15) is 0 Å². The molecule has 12 heterocycles. The molecule has 0 spiro atoms. The van der Waals surface area contributed by atoms with Crippen LogP contribution in [0.3, 0.4) is 0 Å². The van der Waals surface area contributed by atoms with Gasteiger partial charge in [0.25, 0.3) is 17.7 Å². The van der Waals surface area contributed by atoms with Crippen LogP contribution >= 0.6 is 0 Å². The molecule has 36 nitrogen and oxygen atoms in total. The number of ketones is 3. The highest BCUT2D eigenvalue weighted by Crippen LogP contribution is 2.31. The van der Waals surface area contributed by atoms with E-state index in [0.29, 0.717) is 50.2 Å². The fraction of sp³-hybridized carbons (Fsp3) is 0.488. The van der Waals surface area contributed by atoms with Crippen molar-refractivity contribution in [3.05, 3.63) is 162 Å². The molecular formula is C82H100N14O22. The van der Waals surface area contributed by atoms with Gasteiger partial charge in [-0.1, -0.05) is 52.8 Å². The van der Waals surface area contributed by atoms with Gasteiger partial charge in [-0.25, -0.2) is 15.0 Å². The minimum atomic E-state index is -1.40. The summed E-state index contributed by atoms with van der Waals surface area (Å²) in [7, 11) is 1.52. The molecule has 6 aromatic rings. The Bertz CT molecular complexity index is 4360. The minimum Gasteiger partial charge on any atom is -0.505 e. The van der Waals surface area contributed by atoms with E-state index in [1.165, 1.54) is 80.8 Å². The molecule has 8 amide bonds. The van der Waals surface area contributed by atoms with E-state index < -0.39 is 186 Å². The Morgan fingerprint density at radius 1 is 0.441 bits per heavy atom. The van der Waals surface area contributed by atoms with Crippen molar-refractivity contribution in [1.29, 1.82) is 0 Å². The molecule has 0 saturated carbocycles. The summed E-state index contributed by atoms with van der Waals surface area (Å²) in [5, 5.41) is 83.0. The van der Waals surface area contributed by atoms with E-state index in [1.54, 1.807) is 101 Å². The van der Waals surface area contributed by atoms with Crippen LogP contribution in [0.4, 0.5) is 0 Å². The Hall–Kier alpha value is -11.7. The third-order valence-electron chi connectivity index (χ3n) is 22.0. The Kier molecular flexibility index (Phi) is 30.8. The van der Waals surface area contributed by atoms with Crippen LogP contribution in [-0.2, 0) is 81.4 Å².